The van der Waals surface area contributed by atoms with E-state index in [1.54, 1.807) is 26.4 Å². The first-order valence-electron chi connectivity index (χ1n) is 10.1. The number of nitrogens with one attached hydrogen (secondary N) is 1. The zero-order valence-corrected chi connectivity index (χ0v) is 17.1. The zero-order valence-electron chi connectivity index (χ0n) is 17.1. The van der Waals surface area contributed by atoms with Crippen molar-refractivity contribution in [2.75, 3.05) is 32.2 Å². The van der Waals surface area contributed by atoms with E-state index in [2.05, 4.69) is 10.2 Å². The van der Waals surface area contributed by atoms with Crippen LogP contribution in [0.1, 0.15) is 46.4 Å². The fourth-order valence-corrected chi connectivity index (χ4v) is 4.65. The molecular weight excluding hydrogens is 390 g/mol. The second-order valence-corrected chi connectivity index (χ2v) is 7.81. The summed E-state index contributed by atoms with van der Waals surface area (Å²) in [4.78, 5) is 53.0. The highest BCUT2D eigenvalue weighted by atomic mass is 16.7. The van der Waals surface area contributed by atoms with Crippen LogP contribution in [0.25, 0.3) is 0 Å². The van der Waals surface area contributed by atoms with Gasteiger partial charge in [-0.15, -0.1) is 0 Å². The van der Waals surface area contributed by atoms with Gasteiger partial charge in [-0.2, -0.15) is 0 Å². The number of hydrogen-bond acceptors (Lipinski definition) is 7. The van der Waals surface area contributed by atoms with E-state index < -0.39 is 23.8 Å². The molecule has 1 N–H and O–H groups in total. The number of benzene rings is 1. The van der Waals surface area contributed by atoms with Crippen molar-refractivity contribution in [2.24, 2.45) is 5.92 Å². The first-order chi connectivity index (χ1) is 14.5. The highest BCUT2D eigenvalue weighted by molar-refractivity contribution is 6.25. The predicted molar refractivity (Wildman–Crippen MR) is 106 cm³/mol. The molecule has 3 aliphatic rings. The molecule has 1 unspecified atom stereocenters. The first-order valence-corrected chi connectivity index (χ1v) is 10.1. The maximum atomic E-state index is 13.2. The molecule has 2 saturated heterocycles. The summed E-state index contributed by atoms with van der Waals surface area (Å²) in [7, 11) is 3.25. The van der Waals surface area contributed by atoms with Crippen molar-refractivity contribution in [2.45, 2.75) is 38.0 Å². The van der Waals surface area contributed by atoms with Crippen LogP contribution in [0.5, 0.6) is 0 Å². The molecule has 0 aliphatic carbocycles. The number of piperidine rings is 2. The topological polar surface area (TPSA) is 105 Å². The number of rotatable bonds is 5. The Kier molecular flexibility index (Phi) is 5.57. The van der Waals surface area contributed by atoms with E-state index in [1.165, 1.54) is 0 Å². The SMILES string of the molecule is COC(OC)C1CCN(c2cccc3c2C(=O)N(C2CCC(=O)NC2=O)C3=O)CC1. The Labute approximate surface area is 174 Å². The van der Waals surface area contributed by atoms with E-state index in [4.69, 9.17) is 9.47 Å². The number of hydrogen-bond donors (Lipinski definition) is 1. The van der Waals surface area contributed by atoms with Gasteiger partial charge in [0.25, 0.3) is 11.8 Å². The maximum absolute atomic E-state index is 13.2. The van der Waals surface area contributed by atoms with Gasteiger partial charge >= 0.3 is 0 Å². The molecule has 0 bridgehead atoms. The second-order valence-electron chi connectivity index (χ2n) is 7.81. The normalized spacial score (nSPS) is 22.7. The van der Waals surface area contributed by atoms with Crippen molar-refractivity contribution in [1.82, 2.24) is 10.2 Å². The minimum absolute atomic E-state index is 0.102. The van der Waals surface area contributed by atoms with Crippen LogP contribution in [0.2, 0.25) is 0 Å². The number of amides is 4. The molecule has 1 aromatic carbocycles. The minimum Gasteiger partial charge on any atom is -0.371 e. The molecule has 1 aromatic rings. The van der Waals surface area contributed by atoms with Gasteiger partial charge in [0.05, 0.1) is 16.8 Å². The van der Waals surface area contributed by atoms with Crippen molar-refractivity contribution in [1.29, 1.82) is 0 Å². The average Bonchev–Trinajstić information content (AvgIpc) is 3.00. The molecular formula is C21H25N3O6. The Morgan fingerprint density at radius 2 is 1.70 bits per heavy atom. The van der Waals surface area contributed by atoms with Crippen LogP contribution in [0.3, 0.4) is 0 Å². The van der Waals surface area contributed by atoms with Crippen LogP contribution in [0, 0.1) is 5.92 Å². The Bertz CT molecular complexity index is 889. The van der Waals surface area contributed by atoms with Crippen molar-refractivity contribution in [3.63, 3.8) is 0 Å². The van der Waals surface area contributed by atoms with Crippen LogP contribution < -0.4 is 10.2 Å². The smallest absolute Gasteiger partial charge is 0.264 e. The van der Waals surface area contributed by atoms with Crippen LogP contribution in [-0.2, 0) is 19.1 Å². The quantitative estimate of drug-likeness (QED) is 0.563. The number of nitrogens with zero attached hydrogens (tertiary/aromatic N) is 2. The van der Waals surface area contributed by atoms with Crippen LogP contribution in [0.4, 0.5) is 5.69 Å². The molecule has 4 amide bonds. The lowest BCUT2D eigenvalue weighted by atomic mass is 9.94. The minimum atomic E-state index is -0.960. The van der Waals surface area contributed by atoms with Crippen molar-refractivity contribution < 1.29 is 28.7 Å². The Morgan fingerprint density at radius 3 is 2.33 bits per heavy atom. The molecule has 0 spiro atoms. The third kappa shape index (κ3) is 3.37. The lowest BCUT2D eigenvalue weighted by Gasteiger charge is -2.36. The Morgan fingerprint density at radius 1 is 1.00 bits per heavy atom. The fraction of sp³-hybridized carbons (Fsp3) is 0.524. The second kappa shape index (κ2) is 8.16. The summed E-state index contributed by atoms with van der Waals surface area (Å²) in [6.45, 7) is 1.40. The number of carbonyl (C=O) groups excluding carboxylic acids is 4. The number of fused-ring (bicyclic) bond motifs is 1. The Balaban J connectivity index is 1.57. The predicted octanol–water partition coefficient (Wildman–Crippen LogP) is 0.923. The molecule has 9 heteroatoms. The largest absolute Gasteiger partial charge is 0.371 e. The molecule has 3 aliphatic heterocycles. The van der Waals surface area contributed by atoms with E-state index >= 15 is 0 Å². The van der Waals surface area contributed by atoms with E-state index in [0.29, 0.717) is 29.9 Å². The number of carbonyl (C=O) groups is 4. The summed E-state index contributed by atoms with van der Waals surface area (Å²) in [5, 5.41) is 2.22. The molecule has 160 valence electrons. The van der Waals surface area contributed by atoms with Crippen LogP contribution in [0.15, 0.2) is 18.2 Å². The summed E-state index contributed by atoms with van der Waals surface area (Å²) in [5.41, 5.74) is 1.34. The van der Waals surface area contributed by atoms with Crippen molar-refractivity contribution in [3.05, 3.63) is 29.3 Å². The van der Waals surface area contributed by atoms with Gasteiger partial charge in [-0.1, -0.05) is 6.07 Å². The fourth-order valence-electron chi connectivity index (χ4n) is 4.65. The molecule has 2 fully saturated rings. The third-order valence-electron chi connectivity index (χ3n) is 6.18. The van der Waals surface area contributed by atoms with Crippen LogP contribution in [-0.4, -0.2) is 68.2 Å². The number of methoxy groups -OCH3 is 2. The van der Waals surface area contributed by atoms with Crippen LogP contribution >= 0.6 is 0 Å². The summed E-state index contributed by atoms with van der Waals surface area (Å²) in [6.07, 6.45) is 1.64. The molecule has 30 heavy (non-hydrogen) atoms. The molecule has 9 nitrogen and oxygen atoms in total. The lowest BCUT2D eigenvalue weighted by Crippen LogP contribution is -2.54. The molecule has 0 radical (unpaired) electrons. The molecule has 4 rings (SSSR count). The average molecular weight is 415 g/mol. The van der Waals surface area contributed by atoms with E-state index in [0.717, 1.165) is 17.7 Å². The number of anilines is 1. The zero-order chi connectivity index (χ0) is 21.4. The van der Waals surface area contributed by atoms with Gasteiger partial charge < -0.3 is 14.4 Å². The summed E-state index contributed by atoms with van der Waals surface area (Å²) >= 11 is 0. The molecule has 0 saturated carbocycles. The van der Waals surface area contributed by atoms with E-state index in [-0.39, 0.29) is 31.0 Å². The van der Waals surface area contributed by atoms with Gasteiger partial charge in [-0.3, -0.25) is 29.4 Å². The van der Waals surface area contributed by atoms with Gasteiger partial charge in [-0.25, -0.2) is 0 Å². The lowest BCUT2D eigenvalue weighted by molar-refractivity contribution is -0.141. The molecule has 3 heterocycles. The standard InChI is InChI=1S/C21H25N3O6/c1-29-21(30-2)12-8-10-23(11-9-12)14-5-3-4-13-17(14)20(28)24(19(13)27)15-6-7-16(25)22-18(15)26/h3-5,12,15,21H,6-11H2,1-2H3,(H,22,25,26). The third-order valence-corrected chi connectivity index (χ3v) is 6.18. The monoisotopic (exact) mass is 415 g/mol. The summed E-state index contributed by atoms with van der Waals surface area (Å²) < 4.78 is 10.8. The van der Waals surface area contributed by atoms with E-state index in [1.807, 2.05) is 6.07 Å². The van der Waals surface area contributed by atoms with Crippen molar-refractivity contribution in [3.8, 4) is 0 Å². The van der Waals surface area contributed by atoms with Gasteiger partial charge in [0.2, 0.25) is 11.8 Å². The van der Waals surface area contributed by atoms with Gasteiger partial charge in [0, 0.05) is 39.6 Å². The van der Waals surface area contributed by atoms with Gasteiger partial charge in [0.15, 0.2) is 6.29 Å². The van der Waals surface area contributed by atoms with E-state index in [9.17, 15) is 19.2 Å². The number of imide groups is 2. The highest BCUT2D eigenvalue weighted by Gasteiger charge is 2.46. The highest BCUT2D eigenvalue weighted by Crippen LogP contribution is 2.36. The summed E-state index contributed by atoms with van der Waals surface area (Å²) in [6, 6.07) is 4.25. The maximum Gasteiger partial charge on any atom is 0.264 e. The first kappa shape index (κ1) is 20.5. The van der Waals surface area contributed by atoms with Crippen molar-refractivity contribution >= 4 is 29.3 Å². The molecule has 0 aromatic heterocycles. The Hall–Kier alpha value is -2.78. The van der Waals surface area contributed by atoms with Gasteiger partial charge in [-0.05, 0) is 31.4 Å². The van der Waals surface area contributed by atoms with Gasteiger partial charge in [0.1, 0.15) is 6.04 Å². The summed E-state index contributed by atoms with van der Waals surface area (Å²) in [5.74, 6) is -1.70. The molecule has 1 atom stereocenters. The number of ether oxygens (including phenoxy) is 2.